The highest BCUT2D eigenvalue weighted by Crippen LogP contribution is 2.22. The first-order chi connectivity index (χ1) is 10.1. The van der Waals surface area contributed by atoms with E-state index in [2.05, 4.69) is 29.3 Å². The normalized spacial score (nSPS) is 17.3. The highest BCUT2D eigenvalue weighted by Gasteiger charge is 2.18. The number of hydrogen-bond acceptors (Lipinski definition) is 4. The first-order valence-corrected chi connectivity index (χ1v) is 7.53. The molecule has 23 heavy (non-hydrogen) atoms. The van der Waals surface area contributed by atoms with Crippen molar-refractivity contribution in [2.24, 2.45) is 5.73 Å². The first-order valence-electron chi connectivity index (χ1n) is 7.53. The fraction of sp³-hybridized carbons (Fsp3) is 0.562. The maximum Gasteiger partial charge on any atom is 0.225 e. The molecule has 0 radical (unpaired) electrons. The molecular weight excluding hydrogens is 337 g/mol. The van der Waals surface area contributed by atoms with Crippen molar-refractivity contribution in [2.45, 2.75) is 32.4 Å². The molecule has 0 spiro atoms. The van der Waals surface area contributed by atoms with E-state index in [1.54, 1.807) is 0 Å². The molecule has 1 fully saturated rings. The third kappa shape index (κ3) is 7.06. The maximum absolute atomic E-state index is 11.7. The van der Waals surface area contributed by atoms with Gasteiger partial charge in [-0.2, -0.15) is 0 Å². The van der Waals surface area contributed by atoms with Crippen LogP contribution in [-0.2, 0) is 9.53 Å². The van der Waals surface area contributed by atoms with Gasteiger partial charge in [0.05, 0.1) is 13.2 Å². The zero-order chi connectivity index (χ0) is 15.2. The Morgan fingerprint density at radius 1 is 1.22 bits per heavy atom. The van der Waals surface area contributed by atoms with Crippen molar-refractivity contribution >= 4 is 36.4 Å². The van der Waals surface area contributed by atoms with Crippen molar-refractivity contribution in [3.8, 4) is 0 Å². The van der Waals surface area contributed by atoms with Crippen LogP contribution < -0.4 is 11.1 Å². The smallest absolute Gasteiger partial charge is 0.225 e. The predicted octanol–water partition coefficient (Wildman–Crippen LogP) is 2.60. The fourth-order valence-corrected chi connectivity index (χ4v) is 2.53. The van der Waals surface area contributed by atoms with Crippen LogP contribution >= 0.6 is 24.8 Å². The standard InChI is InChI=1S/C16H25N3O2.2ClH/c1-12(17)11-16(20)18-15-5-3-14(4-6-15)13(2)19-7-9-21-10-8-19;;/h3-6,12-13H,7-11,17H2,1-2H3,(H,18,20);2*1H. The largest absolute Gasteiger partial charge is 0.379 e. The molecule has 0 bridgehead atoms. The van der Waals surface area contributed by atoms with Crippen molar-refractivity contribution in [2.75, 3.05) is 31.6 Å². The summed E-state index contributed by atoms with van der Waals surface area (Å²) in [5.74, 6) is -0.0426. The molecule has 0 saturated carbocycles. The third-order valence-electron chi connectivity index (χ3n) is 3.78. The Balaban J connectivity index is 0.00000242. The van der Waals surface area contributed by atoms with Crippen LogP contribution in [0.5, 0.6) is 0 Å². The van der Waals surface area contributed by atoms with Gasteiger partial charge in [0.15, 0.2) is 0 Å². The highest BCUT2D eigenvalue weighted by molar-refractivity contribution is 5.91. The van der Waals surface area contributed by atoms with Gasteiger partial charge in [0.2, 0.25) is 5.91 Å². The van der Waals surface area contributed by atoms with Gasteiger partial charge < -0.3 is 15.8 Å². The number of rotatable bonds is 5. The molecular formula is C16H27Cl2N3O2. The van der Waals surface area contributed by atoms with Crippen LogP contribution in [0, 0.1) is 0 Å². The lowest BCUT2D eigenvalue weighted by molar-refractivity contribution is -0.116. The number of hydrogen-bond donors (Lipinski definition) is 2. The molecule has 0 aromatic heterocycles. The summed E-state index contributed by atoms with van der Waals surface area (Å²) in [4.78, 5) is 14.1. The SMILES string of the molecule is CC(N)CC(=O)Nc1ccc(C(C)N2CCOCC2)cc1.Cl.Cl. The van der Waals surface area contributed by atoms with Gasteiger partial charge in [-0.05, 0) is 31.5 Å². The fourth-order valence-electron chi connectivity index (χ4n) is 2.53. The Morgan fingerprint density at radius 3 is 2.30 bits per heavy atom. The van der Waals surface area contributed by atoms with Gasteiger partial charge in [0, 0.05) is 37.3 Å². The number of ether oxygens (including phenoxy) is 1. The number of nitrogens with two attached hydrogens (primary N) is 1. The van der Waals surface area contributed by atoms with E-state index >= 15 is 0 Å². The molecule has 1 aromatic carbocycles. The van der Waals surface area contributed by atoms with Crippen LogP contribution in [-0.4, -0.2) is 43.2 Å². The molecule has 132 valence electrons. The summed E-state index contributed by atoms with van der Waals surface area (Å²) in [6, 6.07) is 8.29. The lowest BCUT2D eigenvalue weighted by Gasteiger charge is -2.32. The second-order valence-corrected chi connectivity index (χ2v) is 5.68. The Labute approximate surface area is 150 Å². The molecule has 5 nitrogen and oxygen atoms in total. The van der Waals surface area contributed by atoms with E-state index in [-0.39, 0.29) is 36.8 Å². The van der Waals surface area contributed by atoms with E-state index in [1.807, 2.05) is 19.1 Å². The highest BCUT2D eigenvalue weighted by atomic mass is 35.5. The molecule has 7 heteroatoms. The van der Waals surface area contributed by atoms with Crippen molar-refractivity contribution in [1.29, 1.82) is 0 Å². The second kappa shape index (κ2) is 10.8. The summed E-state index contributed by atoms with van der Waals surface area (Å²) in [5, 5.41) is 2.87. The lowest BCUT2D eigenvalue weighted by Crippen LogP contribution is -2.38. The molecule has 1 heterocycles. The molecule has 2 rings (SSSR count). The van der Waals surface area contributed by atoms with Crippen LogP contribution in [0.2, 0.25) is 0 Å². The predicted molar refractivity (Wildman–Crippen MR) is 98.6 cm³/mol. The summed E-state index contributed by atoms with van der Waals surface area (Å²) in [5.41, 5.74) is 7.69. The molecule has 3 N–H and O–H groups in total. The zero-order valence-electron chi connectivity index (χ0n) is 13.7. The number of halogens is 2. The summed E-state index contributed by atoms with van der Waals surface area (Å²) >= 11 is 0. The third-order valence-corrected chi connectivity index (χ3v) is 3.78. The quantitative estimate of drug-likeness (QED) is 0.843. The number of anilines is 1. The van der Waals surface area contributed by atoms with Gasteiger partial charge in [-0.15, -0.1) is 24.8 Å². The molecule has 2 unspecified atom stereocenters. The van der Waals surface area contributed by atoms with E-state index < -0.39 is 0 Å². The van der Waals surface area contributed by atoms with Crippen LogP contribution in [0.3, 0.4) is 0 Å². The lowest BCUT2D eigenvalue weighted by atomic mass is 10.1. The average molecular weight is 364 g/mol. The number of benzene rings is 1. The van der Waals surface area contributed by atoms with Crippen LogP contribution in [0.15, 0.2) is 24.3 Å². The summed E-state index contributed by atoms with van der Waals surface area (Å²) in [7, 11) is 0. The molecule has 1 aliphatic heterocycles. The van der Waals surface area contributed by atoms with Crippen LogP contribution in [0.4, 0.5) is 5.69 Å². The van der Waals surface area contributed by atoms with E-state index in [0.29, 0.717) is 12.5 Å². The van der Waals surface area contributed by atoms with Gasteiger partial charge in [-0.3, -0.25) is 9.69 Å². The molecule has 2 atom stereocenters. The summed E-state index contributed by atoms with van der Waals surface area (Å²) < 4.78 is 5.38. The number of morpholine rings is 1. The van der Waals surface area contributed by atoms with Gasteiger partial charge >= 0.3 is 0 Å². The van der Waals surface area contributed by atoms with Crippen LogP contribution in [0.25, 0.3) is 0 Å². The van der Waals surface area contributed by atoms with E-state index in [4.69, 9.17) is 10.5 Å². The van der Waals surface area contributed by atoms with Crippen molar-refractivity contribution in [3.63, 3.8) is 0 Å². The van der Waals surface area contributed by atoms with Crippen LogP contribution in [0.1, 0.15) is 31.9 Å². The van der Waals surface area contributed by atoms with Gasteiger partial charge in [0.1, 0.15) is 0 Å². The van der Waals surface area contributed by atoms with Crippen molar-refractivity contribution in [3.05, 3.63) is 29.8 Å². The zero-order valence-corrected chi connectivity index (χ0v) is 15.3. The molecule has 1 aliphatic rings. The Kier molecular flexibility index (Phi) is 10.4. The minimum absolute atomic E-state index is 0. The second-order valence-electron chi connectivity index (χ2n) is 5.68. The number of carbonyl (C=O) groups is 1. The molecule has 0 aliphatic carbocycles. The molecule has 1 saturated heterocycles. The Hall–Kier alpha value is -0.850. The number of nitrogens with one attached hydrogen (secondary N) is 1. The van der Waals surface area contributed by atoms with E-state index in [0.717, 1.165) is 32.0 Å². The topological polar surface area (TPSA) is 67.6 Å². The summed E-state index contributed by atoms with van der Waals surface area (Å²) in [6.07, 6.45) is 0.339. The monoisotopic (exact) mass is 363 g/mol. The van der Waals surface area contributed by atoms with Gasteiger partial charge in [-0.25, -0.2) is 0 Å². The van der Waals surface area contributed by atoms with Crippen molar-refractivity contribution in [1.82, 2.24) is 4.90 Å². The number of nitrogens with zero attached hydrogens (tertiary/aromatic N) is 1. The molecule has 1 aromatic rings. The Bertz CT molecular complexity index is 463. The van der Waals surface area contributed by atoms with E-state index in [9.17, 15) is 4.79 Å². The van der Waals surface area contributed by atoms with Gasteiger partial charge in [0.25, 0.3) is 0 Å². The van der Waals surface area contributed by atoms with Gasteiger partial charge in [-0.1, -0.05) is 12.1 Å². The molecule has 1 amide bonds. The van der Waals surface area contributed by atoms with Crippen molar-refractivity contribution < 1.29 is 9.53 Å². The average Bonchev–Trinajstić information content (AvgIpc) is 2.47. The van der Waals surface area contributed by atoms with E-state index in [1.165, 1.54) is 5.56 Å². The minimum Gasteiger partial charge on any atom is -0.379 e. The maximum atomic E-state index is 11.7. The summed E-state index contributed by atoms with van der Waals surface area (Å²) in [6.45, 7) is 7.56. The first kappa shape index (κ1) is 22.1. The minimum atomic E-state index is -0.120. The Morgan fingerprint density at radius 2 is 1.78 bits per heavy atom. The number of amides is 1. The number of carbonyl (C=O) groups excluding carboxylic acids is 1.